The summed E-state index contributed by atoms with van der Waals surface area (Å²) in [5.74, 6) is -1.11. The minimum atomic E-state index is -0.839. The van der Waals surface area contributed by atoms with Gasteiger partial charge in [0.1, 0.15) is 13.2 Å². The highest BCUT2D eigenvalue weighted by Gasteiger charge is 2.19. The summed E-state index contributed by atoms with van der Waals surface area (Å²) in [6.45, 7) is 6.17. The van der Waals surface area contributed by atoms with Gasteiger partial charge in [-0.1, -0.05) is 168 Å². The van der Waals surface area contributed by atoms with Gasteiger partial charge in [-0.05, 0) is 89.9 Å². The Labute approximate surface area is 342 Å². The van der Waals surface area contributed by atoms with Gasteiger partial charge in [-0.3, -0.25) is 14.4 Å². The summed E-state index contributed by atoms with van der Waals surface area (Å²) in [6.07, 6.45) is 59.2. The van der Waals surface area contributed by atoms with Crippen LogP contribution in [0.15, 0.2) is 122 Å². The van der Waals surface area contributed by atoms with Gasteiger partial charge in [0, 0.05) is 19.3 Å². The minimum Gasteiger partial charge on any atom is -0.462 e. The normalized spacial score (nSPS) is 13.3. The van der Waals surface area contributed by atoms with Gasteiger partial charge < -0.3 is 14.2 Å². The predicted octanol–water partition coefficient (Wildman–Crippen LogP) is 13.8. The van der Waals surface area contributed by atoms with Crippen LogP contribution in [0, 0.1) is 0 Å². The van der Waals surface area contributed by atoms with Crippen LogP contribution in [0.5, 0.6) is 0 Å². The van der Waals surface area contributed by atoms with Crippen molar-refractivity contribution < 1.29 is 28.6 Å². The van der Waals surface area contributed by atoms with Gasteiger partial charge in [0.2, 0.25) is 0 Å². The van der Waals surface area contributed by atoms with Crippen molar-refractivity contribution in [1.82, 2.24) is 0 Å². The topological polar surface area (TPSA) is 78.9 Å². The van der Waals surface area contributed by atoms with E-state index in [1.165, 1.54) is 25.7 Å². The highest BCUT2D eigenvalue weighted by atomic mass is 16.6. The number of ether oxygens (including phenoxy) is 3. The second kappa shape index (κ2) is 43.5. The third-order valence-electron chi connectivity index (χ3n) is 8.29. The fourth-order valence-electron chi connectivity index (χ4n) is 5.09. The van der Waals surface area contributed by atoms with Crippen molar-refractivity contribution in [3.05, 3.63) is 122 Å². The molecule has 0 aromatic carbocycles. The lowest BCUT2D eigenvalue weighted by molar-refractivity contribution is -0.166. The van der Waals surface area contributed by atoms with E-state index in [1.807, 2.05) is 48.6 Å². The summed E-state index contributed by atoms with van der Waals surface area (Å²) in [4.78, 5) is 37.6. The average molecular weight is 773 g/mol. The summed E-state index contributed by atoms with van der Waals surface area (Å²) < 4.78 is 16.5. The van der Waals surface area contributed by atoms with Crippen LogP contribution in [-0.2, 0) is 28.6 Å². The monoisotopic (exact) mass is 773 g/mol. The van der Waals surface area contributed by atoms with Crippen molar-refractivity contribution in [1.29, 1.82) is 0 Å². The standard InChI is InChI=1S/C50H76O6/c1-4-7-10-13-16-19-21-23-24-25-27-28-31-34-37-40-43-49(52)55-46-47(45-54-48(51)42-39-36-33-30-18-15-12-9-6-3)56-50(53)44-41-38-35-32-29-26-22-20-17-14-11-8-5-2/h7-8,10-11,14,16-17,19-20,22-24,26-30,33-34,37,47H,4-6,9,12-13,15,18,21,25,31-32,35-36,38-46H2,1-3H3/b10-7-,11-8-,17-14-,19-16-,22-20-,24-23-,28-27-,29-26-,33-30-,37-34-. The third-order valence-corrected chi connectivity index (χ3v) is 8.29. The minimum absolute atomic E-state index is 0.137. The molecule has 1 unspecified atom stereocenters. The molecule has 0 aromatic rings. The van der Waals surface area contributed by atoms with E-state index < -0.39 is 6.10 Å². The first-order valence-corrected chi connectivity index (χ1v) is 21.6. The van der Waals surface area contributed by atoms with Crippen LogP contribution in [0.4, 0.5) is 0 Å². The van der Waals surface area contributed by atoms with Gasteiger partial charge in [-0.2, -0.15) is 0 Å². The molecule has 0 radical (unpaired) electrons. The molecule has 1 atom stereocenters. The van der Waals surface area contributed by atoms with Crippen LogP contribution in [0.25, 0.3) is 0 Å². The Morgan fingerprint density at radius 3 is 1.43 bits per heavy atom. The Kier molecular flexibility index (Phi) is 40.3. The van der Waals surface area contributed by atoms with Crippen LogP contribution in [0.3, 0.4) is 0 Å². The van der Waals surface area contributed by atoms with Crippen LogP contribution in [0.2, 0.25) is 0 Å². The van der Waals surface area contributed by atoms with Crippen molar-refractivity contribution in [3.8, 4) is 0 Å². The fraction of sp³-hybridized carbons (Fsp3) is 0.540. The molecule has 56 heavy (non-hydrogen) atoms. The number of carbonyl (C=O) groups is 3. The molecular weight excluding hydrogens is 697 g/mol. The van der Waals surface area contributed by atoms with Crippen molar-refractivity contribution in [2.45, 2.75) is 162 Å². The molecule has 0 saturated carbocycles. The van der Waals surface area contributed by atoms with Crippen LogP contribution < -0.4 is 0 Å². The van der Waals surface area contributed by atoms with Gasteiger partial charge in [0.05, 0.1) is 0 Å². The number of carbonyl (C=O) groups excluding carboxylic acids is 3. The molecule has 0 saturated heterocycles. The van der Waals surface area contributed by atoms with Gasteiger partial charge in [0.15, 0.2) is 6.10 Å². The first-order valence-electron chi connectivity index (χ1n) is 21.6. The maximum atomic E-state index is 12.7. The Balaban J connectivity index is 4.61. The number of unbranched alkanes of at least 4 members (excludes halogenated alkanes) is 8. The van der Waals surface area contributed by atoms with E-state index in [9.17, 15) is 14.4 Å². The van der Waals surface area contributed by atoms with E-state index >= 15 is 0 Å². The van der Waals surface area contributed by atoms with Crippen LogP contribution >= 0.6 is 0 Å². The molecule has 0 aliphatic carbocycles. The Bertz CT molecular complexity index is 1260. The van der Waals surface area contributed by atoms with Gasteiger partial charge in [-0.25, -0.2) is 0 Å². The first kappa shape index (κ1) is 51.8. The summed E-state index contributed by atoms with van der Waals surface area (Å²) in [7, 11) is 0. The Morgan fingerprint density at radius 2 is 0.839 bits per heavy atom. The number of hydrogen-bond donors (Lipinski definition) is 0. The molecule has 0 aromatic heterocycles. The highest BCUT2D eigenvalue weighted by molar-refractivity contribution is 5.71. The number of esters is 3. The Morgan fingerprint density at radius 1 is 0.393 bits per heavy atom. The molecule has 0 rings (SSSR count). The Hall–Kier alpha value is -4.19. The molecule has 0 amide bonds. The number of allylic oxidation sites excluding steroid dienone is 20. The van der Waals surface area contributed by atoms with Crippen molar-refractivity contribution in [2.24, 2.45) is 0 Å². The van der Waals surface area contributed by atoms with E-state index in [0.717, 1.165) is 70.6 Å². The fourth-order valence-corrected chi connectivity index (χ4v) is 5.09. The van der Waals surface area contributed by atoms with Crippen LogP contribution in [0.1, 0.15) is 156 Å². The van der Waals surface area contributed by atoms with Crippen molar-refractivity contribution in [2.75, 3.05) is 13.2 Å². The lowest BCUT2D eigenvalue weighted by Crippen LogP contribution is -2.30. The van der Waals surface area contributed by atoms with E-state index in [-0.39, 0.29) is 50.4 Å². The maximum Gasteiger partial charge on any atom is 0.306 e. The quantitative estimate of drug-likeness (QED) is 0.0207. The second-order valence-electron chi connectivity index (χ2n) is 13.6. The van der Waals surface area contributed by atoms with Gasteiger partial charge in [-0.15, -0.1) is 0 Å². The van der Waals surface area contributed by atoms with Gasteiger partial charge >= 0.3 is 17.9 Å². The number of rotatable bonds is 36. The average Bonchev–Trinajstić information content (AvgIpc) is 3.19. The molecule has 0 bridgehead atoms. The summed E-state index contributed by atoms with van der Waals surface area (Å²) in [6, 6.07) is 0. The smallest absolute Gasteiger partial charge is 0.306 e. The lowest BCUT2D eigenvalue weighted by Gasteiger charge is -2.18. The third kappa shape index (κ3) is 41.0. The predicted molar refractivity (Wildman–Crippen MR) is 237 cm³/mol. The zero-order valence-electron chi connectivity index (χ0n) is 35.3. The van der Waals surface area contributed by atoms with E-state index in [1.54, 1.807) is 0 Å². The maximum absolute atomic E-state index is 12.7. The summed E-state index contributed by atoms with van der Waals surface area (Å²) in [5, 5.41) is 0. The van der Waals surface area contributed by atoms with E-state index in [0.29, 0.717) is 19.3 Å². The number of hydrogen-bond acceptors (Lipinski definition) is 6. The zero-order valence-corrected chi connectivity index (χ0v) is 35.3. The summed E-state index contributed by atoms with van der Waals surface area (Å²) >= 11 is 0. The SMILES string of the molecule is CC\C=C/C=C\C=C/C=C\CCCCCC(=O)OC(COC(=O)CC/C=C\C/C=C\C/C=C\C/C=C\C/C=C\CC)COC(=O)CCC/C=C\CCCCCC. The largest absolute Gasteiger partial charge is 0.462 e. The zero-order chi connectivity index (χ0) is 40.8. The van der Waals surface area contributed by atoms with Crippen molar-refractivity contribution in [3.63, 3.8) is 0 Å². The molecule has 0 N–H and O–H groups in total. The first-order chi connectivity index (χ1) is 27.5. The molecule has 312 valence electrons. The lowest BCUT2D eigenvalue weighted by atomic mass is 10.1. The molecule has 0 heterocycles. The molecule has 0 aliphatic rings. The van der Waals surface area contributed by atoms with E-state index in [2.05, 4.69) is 93.7 Å². The molecular formula is C50H76O6. The van der Waals surface area contributed by atoms with E-state index in [4.69, 9.17) is 14.2 Å². The molecule has 6 heteroatoms. The molecule has 0 fully saturated rings. The molecule has 0 spiro atoms. The van der Waals surface area contributed by atoms with Crippen LogP contribution in [-0.4, -0.2) is 37.2 Å². The molecule has 6 nitrogen and oxygen atoms in total. The molecule has 0 aliphatic heterocycles. The van der Waals surface area contributed by atoms with Gasteiger partial charge in [0.25, 0.3) is 0 Å². The van der Waals surface area contributed by atoms with Crippen molar-refractivity contribution >= 4 is 17.9 Å². The second-order valence-corrected chi connectivity index (χ2v) is 13.6. The highest BCUT2D eigenvalue weighted by Crippen LogP contribution is 2.09. The summed E-state index contributed by atoms with van der Waals surface area (Å²) in [5.41, 5.74) is 0.